The smallest absolute Gasteiger partial charge is 0.248 e. The number of benzene rings is 3. The van der Waals surface area contributed by atoms with Crippen molar-refractivity contribution in [3.8, 4) is 0 Å². The van der Waals surface area contributed by atoms with E-state index in [1.165, 1.54) is 0 Å². The van der Waals surface area contributed by atoms with E-state index in [1.807, 2.05) is 30.3 Å². The number of sulfonamides is 1. The number of carbonyl (C=O) groups is 1. The first-order chi connectivity index (χ1) is 14.8. The van der Waals surface area contributed by atoms with Crippen molar-refractivity contribution >= 4 is 60.8 Å². The number of amides is 1. The molecule has 1 heterocycles. The molecule has 1 aromatic heterocycles. The standard InChI is InChI=1S/C23H21ClN2O4S/c1-3-20(26(31(2,28)29)17-11-8-15(24)9-12-17)23(27)25-16-10-13-19-18-6-4-5-7-21(18)30-22(19)14-16/h4-14,20H,3H2,1-2H3,(H,25,27)/t20-/m0/s1. The number of anilines is 2. The Morgan fingerprint density at radius 2 is 1.71 bits per heavy atom. The van der Waals surface area contributed by atoms with Crippen LogP contribution in [0.3, 0.4) is 0 Å². The molecule has 6 nitrogen and oxygen atoms in total. The lowest BCUT2D eigenvalue weighted by Gasteiger charge is -2.30. The van der Waals surface area contributed by atoms with Crippen LogP contribution in [0.5, 0.6) is 0 Å². The molecule has 0 aliphatic rings. The number of carbonyl (C=O) groups excluding carboxylic acids is 1. The zero-order chi connectivity index (χ0) is 22.2. The second-order valence-corrected chi connectivity index (χ2v) is 9.55. The van der Waals surface area contributed by atoms with Gasteiger partial charge < -0.3 is 9.73 Å². The summed E-state index contributed by atoms with van der Waals surface area (Å²) in [6, 6.07) is 18.5. The Hall–Kier alpha value is -3.03. The Kier molecular flexibility index (Phi) is 5.64. The van der Waals surface area contributed by atoms with Gasteiger partial charge in [0.25, 0.3) is 0 Å². The van der Waals surface area contributed by atoms with Crippen LogP contribution in [-0.4, -0.2) is 26.6 Å². The van der Waals surface area contributed by atoms with Crippen LogP contribution >= 0.6 is 11.6 Å². The number of halogens is 1. The molecule has 160 valence electrons. The fraction of sp³-hybridized carbons (Fsp3) is 0.174. The molecule has 0 fully saturated rings. The average Bonchev–Trinajstić information content (AvgIpc) is 3.09. The molecule has 4 aromatic rings. The fourth-order valence-electron chi connectivity index (χ4n) is 3.68. The zero-order valence-electron chi connectivity index (χ0n) is 17.0. The van der Waals surface area contributed by atoms with Gasteiger partial charge in [-0.3, -0.25) is 9.10 Å². The predicted molar refractivity (Wildman–Crippen MR) is 125 cm³/mol. The van der Waals surface area contributed by atoms with Crippen LogP contribution in [0, 0.1) is 0 Å². The van der Waals surface area contributed by atoms with Crippen molar-refractivity contribution < 1.29 is 17.6 Å². The number of rotatable bonds is 6. The maximum Gasteiger partial charge on any atom is 0.248 e. The minimum Gasteiger partial charge on any atom is -0.456 e. The zero-order valence-corrected chi connectivity index (χ0v) is 18.6. The molecule has 0 bridgehead atoms. The third-order valence-electron chi connectivity index (χ3n) is 5.06. The second kappa shape index (κ2) is 8.24. The van der Waals surface area contributed by atoms with Gasteiger partial charge in [-0.05, 0) is 48.9 Å². The summed E-state index contributed by atoms with van der Waals surface area (Å²) in [5, 5.41) is 5.25. The number of furan rings is 1. The van der Waals surface area contributed by atoms with Crippen molar-refractivity contribution in [1.29, 1.82) is 0 Å². The molecule has 3 aromatic carbocycles. The number of fused-ring (bicyclic) bond motifs is 3. The summed E-state index contributed by atoms with van der Waals surface area (Å²) < 4.78 is 32.1. The van der Waals surface area contributed by atoms with Crippen molar-refractivity contribution in [3.05, 3.63) is 71.8 Å². The monoisotopic (exact) mass is 456 g/mol. The van der Waals surface area contributed by atoms with Crippen LogP contribution in [0.15, 0.2) is 71.1 Å². The minimum absolute atomic E-state index is 0.286. The highest BCUT2D eigenvalue weighted by atomic mass is 35.5. The first kappa shape index (κ1) is 21.2. The summed E-state index contributed by atoms with van der Waals surface area (Å²) in [4.78, 5) is 13.1. The molecule has 1 atom stereocenters. The fourth-order valence-corrected chi connectivity index (χ4v) is 5.02. The third-order valence-corrected chi connectivity index (χ3v) is 6.49. The number of hydrogen-bond acceptors (Lipinski definition) is 4. The molecule has 0 aliphatic heterocycles. The number of nitrogens with one attached hydrogen (secondary N) is 1. The van der Waals surface area contributed by atoms with Gasteiger partial charge in [0.2, 0.25) is 15.9 Å². The summed E-state index contributed by atoms with van der Waals surface area (Å²) in [7, 11) is -3.72. The third kappa shape index (κ3) is 4.24. The quantitative estimate of drug-likeness (QED) is 0.420. The lowest BCUT2D eigenvalue weighted by molar-refractivity contribution is -0.117. The van der Waals surface area contributed by atoms with Gasteiger partial charge in [-0.25, -0.2) is 8.42 Å². The van der Waals surface area contributed by atoms with Crippen molar-refractivity contribution in [1.82, 2.24) is 0 Å². The van der Waals surface area contributed by atoms with Crippen LogP contribution in [0.2, 0.25) is 5.02 Å². The van der Waals surface area contributed by atoms with E-state index in [2.05, 4.69) is 5.32 Å². The molecule has 4 rings (SSSR count). The molecular weight excluding hydrogens is 436 g/mol. The van der Waals surface area contributed by atoms with E-state index in [4.69, 9.17) is 16.0 Å². The maximum absolute atomic E-state index is 13.1. The Balaban J connectivity index is 1.66. The van der Waals surface area contributed by atoms with Crippen LogP contribution < -0.4 is 9.62 Å². The number of nitrogens with zero attached hydrogens (tertiary/aromatic N) is 1. The lowest BCUT2D eigenvalue weighted by atomic mass is 10.1. The van der Waals surface area contributed by atoms with E-state index in [9.17, 15) is 13.2 Å². The Labute approximate surface area is 185 Å². The Bertz CT molecular complexity index is 1360. The van der Waals surface area contributed by atoms with Gasteiger partial charge in [-0.1, -0.05) is 36.7 Å². The number of para-hydroxylation sites is 1. The molecular formula is C23H21ClN2O4S. The molecule has 1 amide bonds. The maximum atomic E-state index is 13.1. The topological polar surface area (TPSA) is 79.6 Å². The van der Waals surface area contributed by atoms with Gasteiger partial charge in [0.15, 0.2) is 0 Å². The highest BCUT2D eigenvalue weighted by Gasteiger charge is 2.31. The van der Waals surface area contributed by atoms with Crippen LogP contribution in [0.1, 0.15) is 13.3 Å². The normalized spacial score (nSPS) is 12.7. The SMILES string of the molecule is CC[C@@H](C(=O)Nc1ccc2c(c1)oc1ccccc12)N(c1ccc(Cl)cc1)S(C)(=O)=O. The Morgan fingerprint density at radius 1 is 1.03 bits per heavy atom. The summed E-state index contributed by atoms with van der Waals surface area (Å²) in [5.41, 5.74) is 2.31. The van der Waals surface area contributed by atoms with Gasteiger partial charge in [0.1, 0.15) is 17.2 Å². The minimum atomic E-state index is -3.72. The van der Waals surface area contributed by atoms with Crippen molar-refractivity contribution in [2.75, 3.05) is 15.9 Å². The van der Waals surface area contributed by atoms with E-state index in [1.54, 1.807) is 43.3 Å². The Morgan fingerprint density at radius 3 is 2.39 bits per heavy atom. The highest BCUT2D eigenvalue weighted by Crippen LogP contribution is 2.31. The summed E-state index contributed by atoms with van der Waals surface area (Å²) in [6.45, 7) is 1.76. The predicted octanol–water partition coefficient (Wildman–Crippen LogP) is 5.42. The lowest BCUT2D eigenvalue weighted by Crippen LogP contribution is -2.46. The first-order valence-corrected chi connectivity index (χ1v) is 12.0. The molecule has 31 heavy (non-hydrogen) atoms. The summed E-state index contributed by atoms with van der Waals surface area (Å²) in [6.07, 6.45) is 1.37. The summed E-state index contributed by atoms with van der Waals surface area (Å²) >= 11 is 5.93. The van der Waals surface area contributed by atoms with E-state index in [0.717, 1.165) is 26.9 Å². The van der Waals surface area contributed by atoms with Crippen LogP contribution in [0.25, 0.3) is 21.9 Å². The van der Waals surface area contributed by atoms with Gasteiger partial charge >= 0.3 is 0 Å². The largest absolute Gasteiger partial charge is 0.456 e. The molecule has 0 spiro atoms. The van der Waals surface area contributed by atoms with Crippen molar-refractivity contribution in [2.45, 2.75) is 19.4 Å². The van der Waals surface area contributed by atoms with Crippen LogP contribution in [0.4, 0.5) is 11.4 Å². The highest BCUT2D eigenvalue weighted by molar-refractivity contribution is 7.92. The average molecular weight is 457 g/mol. The molecule has 0 saturated carbocycles. The molecule has 0 aliphatic carbocycles. The second-order valence-electron chi connectivity index (χ2n) is 7.26. The van der Waals surface area contributed by atoms with Gasteiger partial charge in [-0.2, -0.15) is 0 Å². The summed E-state index contributed by atoms with van der Waals surface area (Å²) in [5.74, 6) is -0.432. The molecule has 8 heteroatoms. The van der Waals surface area contributed by atoms with Gasteiger partial charge in [-0.15, -0.1) is 0 Å². The first-order valence-electron chi connectivity index (χ1n) is 9.75. The molecule has 1 N–H and O–H groups in total. The van der Waals surface area contributed by atoms with E-state index >= 15 is 0 Å². The number of hydrogen-bond donors (Lipinski definition) is 1. The van der Waals surface area contributed by atoms with Crippen molar-refractivity contribution in [3.63, 3.8) is 0 Å². The van der Waals surface area contributed by atoms with Gasteiger partial charge in [0.05, 0.1) is 11.9 Å². The molecule has 0 unspecified atom stereocenters. The van der Waals surface area contributed by atoms with E-state index < -0.39 is 22.0 Å². The van der Waals surface area contributed by atoms with Crippen molar-refractivity contribution in [2.24, 2.45) is 0 Å². The van der Waals surface area contributed by atoms with Crippen LogP contribution in [-0.2, 0) is 14.8 Å². The molecule has 0 radical (unpaired) electrons. The molecule has 0 saturated heterocycles. The van der Waals surface area contributed by atoms with E-state index in [-0.39, 0.29) is 6.42 Å². The van der Waals surface area contributed by atoms with Gasteiger partial charge in [0, 0.05) is 27.5 Å². The van der Waals surface area contributed by atoms with E-state index in [0.29, 0.717) is 22.0 Å².